The summed E-state index contributed by atoms with van der Waals surface area (Å²) < 4.78 is 39.1. The van der Waals surface area contributed by atoms with Gasteiger partial charge in [0.25, 0.3) is 10.1 Å². The minimum Gasteiger partial charge on any atom is -0.445 e. The lowest BCUT2D eigenvalue weighted by molar-refractivity contribution is -0.126. The fraction of sp³-hybridized carbons (Fsp3) is 0.625. The number of carbonyl (C=O) groups is 3. The zero-order chi connectivity index (χ0) is 27.0. The van der Waals surface area contributed by atoms with Gasteiger partial charge >= 0.3 is 6.09 Å². The maximum absolute atomic E-state index is 13.3. The minimum atomic E-state index is -4.93. The maximum atomic E-state index is 13.3. The Morgan fingerprint density at radius 3 is 2.49 bits per heavy atom. The molecular weight excluding hydrogens is 617 g/mol. The molecule has 3 amide bonds. The van der Waals surface area contributed by atoms with Gasteiger partial charge < -0.3 is 25.8 Å². The molecule has 1 aromatic carbocycles. The number of hydrogen-bond donors (Lipinski definition) is 5. The largest absolute Gasteiger partial charge is 0.445 e. The van der Waals surface area contributed by atoms with Crippen molar-refractivity contribution in [1.29, 1.82) is 0 Å². The Kier molecular flexibility index (Phi) is 11.0. The van der Waals surface area contributed by atoms with Gasteiger partial charge in [-0.3, -0.25) is 14.1 Å². The summed E-state index contributed by atoms with van der Waals surface area (Å²) in [5.74, 6) is -1.50. The average Bonchev–Trinajstić information content (AvgIpc) is 3.25. The molecule has 4 atom stereocenters. The van der Waals surface area contributed by atoms with Gasteiger partial charge in [-0.15, -0.1) is 0 Å². The first kappa shape index (κ1) is 29.6. The number of aliphatic hydroxyl groups excluding tert-OH is 1. The Morgan fingerprint density at radius 2 is 1.86 bits per heavy atom. The molecule has 1 aromatic rings. The van der Waals surface area contributed by atoms with E-state index in [2.05, 4.69) is 38.5 Å². The number of benzene rings is 1. The number of halogens is 1. The fourth-order valence-electron chi connectivity index (χ4n) is 4.86. The molecule has 1 saturated carbocycles. The summed E-state index contributed by atoms with van der Waals surface area (Å²) in [6.45, 7) is 0.394. The van der Waals surface area contributed by atoms with Crippen LogP contribution >= 0.6 is 22.6 Å². The van der Waals surface area contributed by atoms with Gasteiger partial charge in [-0.05, 0) is 65.5 Å². The van der Waals surface area contributed by atoms with Crippen LogP contribution in [0, 0.1) is 15.4 Å². The summed E-state index contributed by atoms with van der Waals surface area (Å²) in [5, 5.41) is 17.9. The summed E-state index contributed by atoms with van der Waals surface area (Å²) in [7, 11) is -4.93. The molecule has 1 saturated heterocycles. The van der Waals surface area contributed by atoms with E-state index in [4.69, 9.17) is 4.74 Å². The SMILES string of the molecule is O=C(N[C@@H](CC1CCCCC1)C(=O)N[C@@H](C[C@@H]1CCNC1=O)C(O)S(=O)(=O)O)OCc1cccc(I)c1. The van der Waals surface area contributed by atoms with Gasteiger partial charge in [0, 0.05) is 16.0 Å². The summed E-state index contributed by atoms with van der Waals surface area (Å²) >= 11 is 2.15. The van der Waals surface area contributed by atoms with Crippen LogP contribution in [0.4, 0.5) is 4.79 Å². The molecule has 11 nitrogen and oxygen atoms in total. The van der Waals surface area contributed by atoms with Gasteiger partial charge in [0.2, 0.25) is 17.3 Å². The molecule has 2 aliphatic rings. The first-order chi connectivity index (χ1) is 17.5. The maximum Gasteiger partial charge on any atom is 0.408 e. The van der Waals surface area contributed by atoms with Crippen LogP contribution in [-0.2, 0) is 31.1 Å². The van der Waals surface area contributed by atoms with Crippen LogP contribution in [0.2, 0.25) is 0 Å². The van der Waals surface area contributed by atoms with Gasteiger partial charge in [-0.2, -0.15) is 8.42 Å². The van der Waals surface area contributed by atoms with Crippen LogP contribution in [0.5, 0.6) is 0 Å². The number of carbonyl (C=O) groups excluding carboxylic acids is 3. The molecule has 1 heterocycles. The van der Waals surface area contributed by atoms with E-state index >= 15 is 0 Å². The van der Waals surface area contributed by atoms with E-state index in [9.17, 15) is 32.5 Å². The molecule has 1 unspecified atom stereocenters. The van der Waals surface area contributed by atoms with Crippen LogP contribution in [0.1, 0.15) is 56.9 Å². The van der Waals surface area contributed by atoms with Crippen LogP contribution in [0.3, 0.4) is 0 Å². The predicted molar refractivity (Wildman–Crippen MR) is 143 cm³/mol. The highest BCUT2D eigenvalue weighted by Gasteiger charge is 2.38. The lowest BCUT2D eigenvalue weighted by Gasteiger charge is -2.29. The van der Waals surface area contributed by atoms with E-state index in [0.29, 0.717) is 19.4 Å². The summed E-state index contributed by atoms with van der Waals surface area (Å²) in [5.41, 5.74) is -1.55. The van der Waals surface area contributed by atoms with Crippen molar-refractivity contribution in [3.63, 3.8) is 0 Å². The van der Waals surface area contributed by atoms with Gasteiger partial charge in [0.1, 0.15) is 12.6 Å². The molecule has 37 heavy (non-hydrogen) atoms. The Labute approximate surface area is 230 Å². The highest BCUT2D eigenvalue weighted by atomic mass is 127. The minimum absolute atomic E-state index is 0.00132. The Bertz CT molecular complexity index is 1060. The summed E-state index contributed by atoms with van der Waals surface area (Å²) in [6.07, 6.45) is 4.62. The standard InChI is InChI=1S/C24H34IN3O8S/c25-18-8-4-7-16(11-18)14-36-24(32)28-19(12-15-5-2-1-3-6-15)22(30)27-20(23(31)37(33,34)35)13-17-9-10-26-21(17)29/h4,7-8,11,15,17,19-20,23,31H,1-3,5-6,9-10,12-14H2,(H,26,29)(H,27,30)(H,28,32)(H,33,34,35)/t17-,19-,20-,23?/m0/s1. The molecule has 0 bridgehead atoms. The first-order valence-electron chi connectivity index (χ1n) is 12.4. The number of amides is 3. The van der Waals surface area contributed by atoms with Crippen molar-refractivity contribution in [2.45, 2.75) is 75.5 Å². The Hall–Kier alpha value is -1.97. The quantitative estimate of drug-likeness (QED) is 0.179. The van der Waals surface area contributed by atoms with E-state index in [1.54, 1.807) is 0 Å². The van der Waals surface area contributed by atoms with Crippen LogP contribution in [0.25, 0.3) is 0 Å². The third-order valence-corrected chi connectivity index (χ3v) is 8.45. The second-order valence-electron chi connectivity index (χ2n) is 9.68. The number of ether oxygens (including phenoxy) is 1. The molecule has 0 radical (unpaired) electrons. The number of rotatable bonds is 11. The molecule has 3 rings (SSSR count). The number of hydrogen-bond acceptors (Lipinski definition) is 7. The molecule has 0 spiro atoms. The average molecular weight is 652 g/mol. The van der Waals surface area contributed by atoms with Crippen molar-refractivity contribution in [2.75, 3.05) is 6.54 Å². The lowest BCUT2D eigenvalue weighted by Crippen LogP contribution is -2.55. The summed E-state index contributed by atoms with van der Waals surface area (Å²) in [6, 6.07) is 4.90. The highest BCUT2D eigenvalue weighted by Crippen LogP contribution is 2.28. The Balaban J connectivity index is 1.71. The van der Waals surface area contributed by atoms with Gasteiger partial charge in [0.15, 0.2) is 0 Å². The topological polar surface area (TPSA) is 171 Å². The van der Waals surface area contributed by atoms with E-state index in [-0.39, 0.29) is 24.9 Å². The third kappa shape index (κ3) is 9.37. The normalized spacial score (nSPS) is 20.9. The number of alkyl carbamates (subject to hydrolysis) is 1. The zero-order valence-electron chi connectivity index (χ0n) is 20.4. The van der Waals surface area contributed by atoms with Crippen LogP contribution < -0.4 is 16.0 Å². The van der Waals surface area contributed by atoms with Crippen molar-refractivity contribution in [1.82, 2.24) is 16.0 Å². The third-order valence-electron chi connectivity index (χ3n) is 6.84. The van der Waals surface area contributed by atoms with E-state index in [1.807, 2.05) is 24.3 Å². The molecule has 206 valence electrons. The van der Waals surface area contributed by atoms with Gasteiger partial charge in [0.05, 0.1) is 6.04 Å². The van der Waals surface area contributed by atoms with Crippen molar-refractivity contribution in [2.24, 2.45) is 11.8 Å². The molecule has 1 aliphatic heterocycles. The second-order valence-corrected chi connectivity index (χ2v) is 12.4. The smallest absolute Gasteiger partial charge is 0.408 e. The highest BCUT2D eigenvalue weighted by molar-refractivity contribution is 14.1. The second kappa shape index (κ2) is 13.7. The lowest BCUT2D eigenvalue weighted by atomic mass is 9.84. The van der Waals surface area contributed by atoms with Crippen LogP contribution in [-0.4, -0.2) is 60.0 Å². The molecular formula is C24H34IN3O8S. The Morgan fingerprint density at radius 1 is 1.14 bits per heavy atom. The van der Waals surface area contributed by atoms with Crippen molar-refractivity contribution in [3.8, 4) is 0 Å². The van der Waals surface area contributed by atoms with E-state index in [1.165, 1.54) is 0 Å². The monoisotopic (exact) mass is 651 g/mol. The molecule has 13 heteroatoms. The summed E-state index contributed by atoms with van der Waals surface area (Å²) in [4.78, 5) is 37.9. The predicted octanol–water partition coefficient (Wildman–Crippen LogP) is 2.07. The van der Waals surface area contributed by atoms with Crippen molar-refractivity contribution in [3.05, 3.63) is 33.4 Å². The van der Waals surface area contributed by atoms with Crippen LogP contribution in [0.15, 0.2) is 24.3 Å². The van der Waals surface area contributed by atoms with Crippen molar-refractivity contribution < 1.29 is 37.2 Å². The van der Waals surface area contributed by atoms with Gasteiger partial charge in [-0.25, -0.2) is 4.79 Å². The molecule has 2 fully saturated rings. The zero-order valence-corrected chi connectivity index (χ0v) is 23.4. The number of aliphatic hydroxyl groups is 1. The molecule has 0 aromatic heterocycles. The number of nitrogens with one attached hydrogen (secondary N) is 3. The molecule has 5 N–H and O–H groups in total. The van der Waals surface area contributed by atoms with Gasteiger partial charge in [-0.1, -0.05) is 44.2 Å². The van der Waals surface area contributed by atoms with E-state index in [0.717, 1.165) is 41.2 Å². The molecule has 1 aliphatic carbocycles. The first-order valence-corrected chi connectivity index (χ1v) is 15.0. The fourth-order valence-corrected chi connectivity index (χ4v) is 6.06. The van der Waals surface area contributed by atoms with E-state index < -0.39 is 45.6 Å². The van der Waals surface area contributed by atoms with Crippen molar-refractivity contribution >= 4 is 50.6 Å².